The summed E-state index contributed by atoms with van der Waals surface area (Å²) in [5.41, 5.74) is -0.0879. The summed E-state index contributed by atoms with van der Waals surface area (Å²) < 4.78 is 30.7. The van der Waals surface area contributed by atoms with Crippen LogP contribution in [0, 0.1) is 0 Å². The molecule has 0 fully saturated rings. The van der Waals surface area contributed by atoms with Gasteiger partial charge in [-0.1, -0.05) is 0 Å². The van der Waals surface area contributed by atoms with Crippen molar-refractivity contribution in [2.24, 2.45) is 0 Å². The first kappa shape index (κ1) is 33.3. The van der Waals surface area contributed by atoms with Gasteiger partial charge in [-0.2, -0.15) is 0 Å². The van der Waals surface area contributed by atoms with Crippen molar-refractivity contribution in [3.8, 4) is 0 Å². The molecule has 0 aromatic heterocycles. The quantitative estimate of drug-likeness (QED) is 0.289. The van der Waals surface area contributed by atoms with Gasteiger partial charge in [0.25, 0.3) is 0 Å². The van der Waals surface area contributed by atoms with E-state index < -0.39 is 50.6 Å². The first-order chi connectivity index (χ1) is 12.5. The highest BCUT2D eigenvalue weighted by Gasteiger charge is 2.41. The largest absolute Gasteiger partial charge is 0.437 e. The van der Waals surface area contributed by atoms with E-state index in [-0.39, 0.29) is 5.60 Å². The minimum absolute atomic E-state index is 0.0879. The fourth-order valence-electron chi connectivity index (χ4n) is 3.60. The second kappa shape index (κ2) is 11.0. The maximum absolute atomic E-state index is 6.28. The van der Waals surface area contributed by atoms with E-state index in [4.69, 9.17) is 20.9 Å². The summed E-state index contributed by atoms with van der Waals surface area (Å²) in [6.45, 7) is 38.9. The maximum atomic E-state index is 6.28. The van der Waals surface area contributed by atoms with Crippen LogP contribution in [0.4, 0.5) is 0 Å². The van der Waals surface area contributed by atoms with Crippen LogP contribution < -0.4 is 0 Å². The Morgan fingerprint density at radius 2 is 0.600 bits per heavy atom. The van der Waals surface area contributed by atoms with Gasteiger partial charge in [0.2, 0.25) is 0 Å². The predicted octanol–water partition coefficient (Wildman–Crippen LogP) is 7.46. The lowest BCUT2D eigenvalue weighted by atomic mass is 10.2. The van der Waals surface area contributed by atoms with Crippen molar-refractivity contribution >= 4 is 50.6 Å². The molecule has 0 N–H and O–H groups in total. The molecule has 0 heterocycles. The summed E-state index contributed by atoms with van der Waals surface area (Å²) in [5.74, 6) is 0. The highest BCUT2D eigenvalue weighted by molar-refractivity contribution is 6.89. The molecule has 0 unspecified atom stereocenters. The van der Waals surface area contributed by atoms with Gasteiger partial charge in [0.1, 0.15) is 0 Å². The molecule has 5 nitrogen and oxygen atoms in total. The second-order valence-corrected chi connectivity index (χ2v) is 37.7. The Morgan fingerprint density at radius 3 is 0.800 bits per heavy atom. The van der Waals surface area contributed by atoms with Crippen LogP contribution in [0.15, 0.2) is 0 Å². The molecule has 0 aliphatic carbocycles. The van der Waals surface area contributed by atoms with Crippen molar-refractivity contribution in [1.82, 2.24) is 0 Å². The van der Waals surface area contributed by atoms with E-state index in [0.29, 0.717) is 0 Å². The van der Waals surface area contributed by atoms with Gasteiger partial charge in [-0.15, -0.1) is 0 Å². The van der Waals surface area contributed by atoms with Crippen LogP contribution in [-0.2, 0) is 20.9 Å². The monoisotopic (exact) mass is 530 g/mol. The molecule has 0 atom stereocenters. The van der Waals surface area contributed by atoms with Gasteiger partial charge >= 0.3 is 25.7 Å². The third-order valence-corrected chi connectivity index (χ3v) is 21.0. The van der Waals surface area contributed by atoms with E-state index in [1.807, 2.05) is 0 Å². The standard InChI is InChI=1S/C10H30O3Si4.C9H24O2Si2/c1-14(2,3)11-16(7,8)13-17(9,10)12-15(4,5)6;1-9(2,3)10-13(7,8)11-12(4,5)6/h1-10H3;1-8H3. The molecular weight excluding hydrogens is 477 g/mol. The van der Waals surface area contributed by atoms with Gasteiger partial charge in [-0.3, -0.25) is 0 Å². The molecule has 0 radical (unpaired) electrons. The Labute approximate surface area is 195 Å². The lowest BCUT2D eigenvalue weighted by Crippen LogP contribution is -2.55. The number of rotatable bonds is 9. The molecule has 0 aromatic carbocycles. The van der Waals surface area contributed by atoms with Crippen LogP contribution in [0.25, 0.3) is 0 Å². The highest BCUT2D eigenvalue weighted by atomic mass is 28.5. The molecule has 0 rings (SSSR count). The molecular formula is C19H54O5Si6. The molecule has 11 heteroatoms. The van der Waals surface area contributed by atoms with Crippen LogP contribution in [0.5, 0.6) is 0 Å². The normalized spacial score (nSPS) is 15.0. The van der Waals surface area contributed by atoms with Gasteiger partial charge in [0.05, 0.1) is 5.60 Å². The molecule has 0 aliphatic rings. The van der Waals surface area contributed by atoms with Gasteiger partial charge in [0.15, 0.2) is 25.0 Å². The summed E-state index contributed by atoms with van der Waals surface area (Å²) >= 11 is 0. The Morgan fingerprint density at radius 1 is 0.367 bits per heavy atom. The van der Waals surface area contributed by atoms with Crippen LogP contribution in [0.1, 0.15) is 20.8 Å². The van der Waals surface area contributed by atoms with Crippen molar-refractivity contribution in [2.45, 2.75) is 125 Å². The Bertz CT molecular complexity index is 467. The van der Waals surface area contributed by atoms with E-state index in [9.17, 15) is 0 Å². The minimum atomic E-state index is -2.05. The average Bonchev–Trinajstić information content (AvgIpc) is 2.09. The Hall–Kier alpha value is 1.10. The zero-order valence-electron chi connectivity index (χ0n) is 23.5. The first-order valence-corrected chi connectivity index (χ1v) is 29.7. The molecule has 0 saturated carbocycles. The fraction of sp³-hybridized carbons (Fsp3) is 1.00. The Kier molecular flexibility index (Phi) is 12.2. The molecule has 30 heavy (non-hydrogen) atoms. The van der Waals surface area contributed by atoms with Gasteiger partial charge in [0, 0.05) is 0 Å². The topological polar surface area (TPSA) is 46.2 Å². The summed E-state index contributed by atoms with van der Waals surface area (Å²) in [6.07, 6.45) is 0. The molecule has 0 saturated heterocycles. The lowest BCUT2D eigenvalue weighted by molar-refractivity contribution is 0.0929. The van der Waals surface area contributed by atoms with Crippen LogP contribution in [-0.4, -0.2) is 56.2 Å². The third-order valence-electron chi connectivity index (χ3n) is 2.70. The third kappa shape index (κ3) is 23.8. The molecule has 0 bridgehead atoms. The molecule has 0 aliphatic heterocycles. The summed E-state index contributed by atoms with van der Waals surface area (Å²) in [5, 5.41) is 0. The van der Waals surface area contributed by atoms with E-state index in [1.54, 1.807) is 0 Å². The Balaban J connectivity index is 0. The van der Waals surface area contributed by atoms with Gasteiger partial charge < -0.3 is 20.9 Å². The highest BCUT2D eigenvalue weighted by Crippen LogP contribution is 2.24. The van der Waals surface area contributed by atoms with Gasteiger partial charge in [-0.25, -0.2) is 0 Å². The van der Waals surface area contributed by atoms with E-state index in [1.165, 1.54) is 0 Å². The van der Waals surface area contributed by atoms with Crippen molar-refractivity contribution < 1.29 is 20.9 Å². The summed E-state index contributed by atoms with van der Waals surface area (Å²) in [6, 6.07) is 0. The SMILES string of the molecule is CC(C)(C)O[Si](C)(C)O[Si](C)(C)C.C[Si](C)(C)O[Si](C)(C)O[Si](C)(C)O[Si](C)(C)C. The fourth-order valence-corrected chi connectivity index (χ4v) is 28.8. The molecule has 184 valence electrons. The summed E-state index contributed by atoms with van der Waals surface area (Å²) in [4.78, 5) is 0. The minimum Gasteiger partial charge on any atom is -0.437 e. The van der Waals surface area contributed by atoms with Crippen molar-refractivity contribution in [3.05, 3.63) is 0 Å². The lowest BCUT2D eigenvalue weighted by Gasteiger charge is -2.39. The zero-order chi connectivity index (χ0) is 25.0. The molecule has 0 spiro atoms. The number of hydrogen-bond acceptors (Lipinski definition) is 5. The number of hydrogen-bond donors (Lipinski definition) is 0. The summed E-state index contributed by atoms with van der Waals surface area (Å²) in [7, 11) is -10.5. The van der Waals surface area contributed by atoms with Crippen LogP contribution in [0.2, 0.25) is 98.2 Å². The van der Waals surface area contributed by atoms with Crippen molar-refractivity contribution in [3.63, 3.8) is 0 Å². The second-order valence-electron chi connectivity index (χ2n) is 13.2. The first-order valence-electron chi connectivity index (χ1n) is 11.0. The van der Waals surface area contributed by atoms with Crippen molar-refractivity contribution in [2.75, 3.05) is 0 Å². The molecule has 0 aromatic rings. The van der Waals surface area contributed by atoms with Crippen molar-refractivity contribution in [1.29, 1.82) is 0 Å². The maximum Gasteiger partial charge on any atom is 0.321 e. The van der Waals surface area contributed by atoms with Crippen LogP contribution in [0.3, 0.4) is 0 Å². The van der Waals surface area contributed by atoms with Gasteiger partial charge in [-0.05, 0) is 119 Å². The van der Waals surface area contributed by atoms with E-state index in [2.05, 4.69) is 119 Å². The van der Waals surface area contributed by atoms with E-state index in [0.717, 1.165) is 0 Å². The zero-order valence-corrected chi connectivity index (χ0v) is 29.5. The van der Waals surface area contributed by atoms with Crippen LogP contribution >= 0.6 is 0 Å². The predicted molar refractivity (Wildman–Crippen MR) is 148 cm³/mol. The smallest absolute Gasteiger partial charge is 0.321 e. The average molecular weight is 531 g/mol. The van der Waals surface area contributed by atoms with E-state index >= 15 is 0 Å². The molecule has 0 amide bonds.